The fraction of sp³-hybridized carbons (Fsp3) is 0.133. The standard InChI is InChI=1S/C15H15BrN2OS/c1-9-3-6-14(19-2)13(7-9)18-12-5-4-10(16)8-11(12)15(17)20/h3-8,18H,1-2H3,(H2,17,20). The summed E-state index contributed by atoms with van der Waals surface area (Å²) in [5, 5.41) is 3.33. The van der Waals surface area contributed by atoms with Crippen LogP contribution in [-0.4, -0.2) is 12.1 Å². The van der Waals surface area contributed by atoms with Gasteiger partial charge in [-0.3, -0.25) is 0 Å². The van der Waals surface area contributed by atoms with Crippen LogP contribution < -0.4 is 15.8 Å². The van der Waals surface area contributed by atoms with E-state index in [9.17, 15) is 0 Å². The number of halogens is 1. The summed E-state index contributed by atoms with van der Waals surface area (Å²) in [6.45, 7) is 2.03. The average molecular weight is 351 g/mol. The summed E-state index contributed by atoms with van der Waals surface area (Å²) >= 11 is 8.52. The molecule has 0 fully saturated rings. The monoisotopic (exact) mass is 350 g/mol. The first-order valence-electron chi connectivity index (χ1n) is 6.02. The van der Waals surface area contributed by atoms with Crippen molar-refractivity contribution < 1.29 is 4.74 Å². The molecular formula is C15H15BrN2OS. The zero-order valence-electron chi connectivity index (χ0n) is 11.2. The molecule has 104 valence electrons. The number of aryl methyl sites for hydroxylation is 1. The second-order valence-electron chi connectivity index (χ2n) is 4.38. The van der Waals surface area contributed by atoms with Crippen molar-refractivity contribution in [3.8, 4) is 5.75 Å². The van der Waals surface area contributed by atoms with E-state index in [-0.39, 0.29) is 0 Å². The van der Waals surface area contributed by atoms with Crippen LogP contribution in [0.3, 0.4) is 0 Å². The van der Waals surface area contributed by atoms with E-state index in [0.717, 1.165) is 32.7 Å². The molecule has 0 aliphatic carbocycles. The molecule has 0 saturated heterocycles. The molecule has 0 aliphatic heterocycles. The number of nitrogens with two attached hydrogens (primary N) is 1. The Kier molecular flexibility index (Phi) is 4.62. The van der Waals surface area contributed by atoms with Gasteiger partial charge in [0.15, 0.2) is 0 Å². The molecule has 20 heavy (non-hydrogen) atoms. The van der Waals surface area contributed by atoms with Crippen molar-refractivity contribution in [2.24, 2.45) is 5.73 Å². The van der Waals surface area contributed by atoms with E-state index in [2.05, 4.69) is 21.2 Å². The van der Waals surface area contributed by atoms with Gasteiger partial charge in [0.2, 0.25) is 0 Å². The van der Waals surface area contributed by atoms with Crippen LogP contribution in [0.2, 0.25) is 0 Å². The van der Waals surface area contributed by atoms with E-state index in [4.69, 9.17) is 22.7 Å². The van der Waals surface area contributed by atoms with Gasteiger partial charge in [0, 0.05) is 15.7 Å². The maximum absolute atomic E-state index is 5.78. The van der Waals surface area contributed by atoms with Crippen LogP contribution >= 0.6 is 28.1 Å². The Morgan fingerprint density at radius 2 is 1.95 bits per heavy atom. The number of thiocarbonyl (C=S) groups is 1. The molecule has 5 heteroatoms. The molecule has 0 aliphatic rings. The molecule has 0 unspecified atom stereocenters. The lowest BCUT2D eigenvalue weighted by Gasteiger charge is -2.15. The van der Waals surface area contributed by atoms with Gasteiger partial charge in [0.1, 0.15) is 10.7 Å². The molecule has 0 atom stereocenters. The summed E-state index contributed by atoms with van der Waals surface area (Å²) in [5.74, 6) is 0.771. The molecule has 2 aromatic carbocycles. The lowest BCUT2D eigenvalue weighted by molar-refractivity contribution is 0.416. The first-order chi connectivity index (χ1) is 9.51. The number of nitrogens with one attached hydrogen (secondary N) is 1. The normalized spacial score (nSPS) is 10.2. The molecule has 0 radical (unpaired) electrons. The highest BCUT2D eigenvalue weighted by Gasteiger charge is 2.09. The molecular weight excluding hydrogens is 336 g/mol. The van der Waals surface area contributed by atoms with Crippen molar-refractivity contribution in [1.29, 1.82) is 0 Å². The van der Waals surface area contributed by atoms with E-state index in [1.807, 2.05) is 43.3 Å². The van der Waals surface area contributed by atoms with Gasteiger partial charge >= 0.3 is 0 Å². The van der Waals surface area contributed by atoms with Gasteiger partial charge < -0.3 is 15.8 Å². The molecule has 3 N–H and O–H groups in total. The van der Waals surface area contributed by atoms with Crippen LogP contribution in [0.4, 0.5) is 11.4 Å². The van der Waals surface area contributed by atoms with Gasteiger partial charge in [0.05, 0.1) is 12.8 Å². The van der Waals surface area contributed by atoms with Gasteiger partial charge in [-0.2, -0.15) is 0 Å². The van der Waals surface area contributed by atoms with Crippen molar-refractivity contribution in [3.05, 3.63) is 52.0 Å². The van der Waals surface area contributed by atoms with Crippen molar-refractivity contribution >= 4 is 44.5 Å². The Labute approximate surface area is 132 Å². The van der Waals surface area contributed by atoms with Gasteiger partial charge in [-0.15, -0.1) is 0 Å². The van der Waals surface area contributed by atoms with Gasteiger partial charge in [-0.25, -0.2) is 0 Å². The van der Waals surface area contributed by atoms with E-state index in [1.54, 1.807) is 7.11 Å². The van der Waals surface area contributed by atoms with Crippen molar-refractivity contribution in [2.75, 3.05) is 12.4 Å². The zero-order valence-corrected chi connectivity index (χ0v) is 13.6. The number of anilines is 2. The summed E-state index contributed by atoms with van der Waals surface area (Å²) in [7, 11) is 1.64. The topological polar surface area (TPSA) is 47.3 Å². The molecule has 0 spiro atoms. The number of ether oxygens (including phenoxy) is 1. The summed E-state index contributed by atoms with van der Waals surface area (Å²) in [5.41, 5.74) is 9.44. The van der Waals surface area contributed by atoms with Crippen LogP contribution in [0, 0.1) is 6.92 Å². The third-order valence-electron chi connectivity index (χ3n) is 2.87. The van der Waals surface area contributed by atoms with Crippen LogP contribution in [-0.2, 0) is 0 Å². The SMILES string of the molecule is COc1ccc(C)cc1Nc1ccc(Br)cc1C(N)=S. The maximum Gasteiger partial charge on any atom is 0.142 e. The van der Waals surface area contributed by atoms with Gasteiger partial charge in [-0.05, 0) is 42.8 Å². The highest BCUT2D eigenvalue weighted by molar-refractivity contribution is 9.10. The summed E-state index contributed by atoms with van der Waals surface area (Å²) in [6.07, 6.45) is 0. The van der Waals surface area contributed by atoms with Crippen molar-refractivity contribution in [1.82, 2.24) is 0 Å². The lowest BCUT2D eigenvalue weighted by Crippen LogP contribution is -2.12. The fourth-order valence-corrected chi connectivity index (χ4v) is 2.42. The molecule has 0 heterocycles. The predicted molar refractivity (Wildman–Crippen MR) is 91.0 cm³/mol. The van der Waals surface area contributed by atoms with E-state index in [0.29, 0.717) is 4.99 Å². The highest BCUT2D eigenvalue weighted by Crippen LogP contribution is 2.31. The first-order valence-corrected chi connectivity index (χ1v) is 7.22. The molecule has 2 rings (SSSR count). The second kappa shape index (κ2) is 6.24. The third-order valence-corrected chi connectivity index (χ3v) is 3.58. The van der Waals surface area contributed by atoms with Gasteiger partial charge in [-0.1, -0.05) is 34.2 Å². The number of rotatable bonds is 4. The van der Waals surface area contributed by atoms with Gasteiger partial charge in [0.25, 0.3) is 0 Å². The third kappa shape index (κ3) is 3.29. The summed E-state index contributed by atoms with van der Waals surface area (Å²) < 4.78 is 6.29. The van der Waals surface area contributed by atoms with Crippen LogP contribution in [0.15, 0.2) is 40.9 Å². The molecule has 0 aromatic heterocycles. The van der Waals surface area contributed by atoms with Crippen molar-refractivity contribution in [2.45, 2.75) is 6.92 Å². The zero-order chi connectivity index (χ0) is 14.7. The number of hydrogen-bond acceptors (Lipinski definition) is 3. The van der Waals surface area contributed by atoms with Crippen LogP contribution in [0.1, 0.15) is 11.1 Å². The van der Waals surface area contributed by atoms with E-state index in [1.165, 1.54) is 0 Å². The minimum Gasteiger partial charge on any atom is -0.495 e. The molecule has 0 saturated carbocycles. The maximum atomic E-state index is 5.78. The average Bonchev–Trinajstić information content (AvgIpc) is 2.41. The lowest BCUT2D eigenvalue weighted by atomic mass is 10.1. The summed E-state index contributed by atoms with van der Waals surface area (Å²) in [6, 6.07) is 11.7. The predicted octanol–water partition coefficient (Wildman–Crippen LogP) is 4.14. The van der Waals surface area contributed by atoms with Crippen molar-refractivity contribution in [3.63, 3.8) is 0 Å². The smallest absolute Gasteiger partial charge is 0.142 e. The number of methoxy groups -OCH3 is 1. The van der Waals surface area contributed by atoms with E-state index < -0.39 is 0 Å². The number of benzene rings is 2. The minimum atomic E-state index is 0.348. The number of hydrogen-bond donors (Lipinski definition) is 2. The Morgan fingerprint density at radius 3 is 2.60 bits per heavy atom. The van der Waals surface area contributed by atoms with Crippen LogP contribution in [0.25, 0.3) is 0 Å². The first kappa shape index (κ1) is 14.8. The molecule has 0 amide bonds. The Hall–Kier alpha value is -1.59. The molecule has 0 bridgehead atoms. The Balaban J connectivity index is 2.44. The highest BCUT2D eigenvalue weighted by atomic mass is 79.9. The second-order valence-corrected chi connectivity index (χ2v) is 5.74. The minimum absolute atomic E-state index is 0.348. The molecule has 3 nitrogen and oxygen atoms in total. The quantitative estimate of drug-likeness (QED) is 0.813. The van der Waals surface area contributed by atoms with E-state index >= 15 is 0 Å². The largest absolute Gasteiger partial charge is 0.495 e. The van der Waals surface area contributed by atoms with Crippen LogP contribution in [0.5, 0.6) is 5.75 Å². The Morgan fingerprint density at radius 1 is 1.20 bits per heavy atom. The Bertz CT molecular complexity index is 658. The molecule has 2 aromatic rings. The fourth-order valence-electron chi connectivity index (χ4n) is 1.89. The summed E-state index contributed by atoms with van der Waals surface area (Å²) in [4.78, 5) is 0.348.